The van der Waals surface area contributed by atoms with Crippen molar-refractivity contribution in [3.8, 4) is 5.75 Å². The summed E-state index contributed by atoms with van der Waals surface area (Å²) < 4.78 is 5.38. The minimum Gasteiger partial charge on any atom is -0.496 e. The Balaban J connectivity index is 1.67. The summed E-state index contributed by atoms with van der Waals surface area (Å²) in [6, 6.07) is 11.4. The number of rotatable bonds is 8. The fourth-order valence-electron chi connectivity index (χ4n) is 3.02. The van der Waals surface area contributed by atoms with Crippen LogP contribution >= 0.6 is 35.0 Å². The van der Waals surface area contributed by atoms with E-state index < -0.39 is 0 Å². The van der Waals surface area contributed by atoms with E-state index in [9.17, 15) is 4.79 Å². The first-order valence-electron chi connectivity index (χ1n) is 9.28. The lowest BCUT2D eigenvalue weighted by Crippen LogP contribution is -2.31. The molecule has 30 heavy (non-hydrogen) atoms. The molecule has 160 valence electrons. The van der Waals surface area contributed by atoms with Crippen molar-refractivity contribution in [2.75, 3.05) is 40.0 Å². The van der Waals surface area contributed by atoms with Crippen LogP contribution in [0, 0.1) is 0 Å². The van der Waals surface area contributed by atoms with Gasteiger partial charge in [-0.1, -0.05) is 53.2 Å². The fraction of sp³-hybridized carbons (Fsp3) is 0.286. The molecular weight excluding hydrogens is 447 g/mol. The molecule has 0 radical (unpaired) electrons. The van der Waals surface area contributed by atoms with E-state index in [-0.39, 0.29) is 12.5 Å². The van der Waals surface area contributed by atoms with Crippen molar-refractivity contribution in [2.24, 2.45) is 0 Å². The molecule has 0 spiro atoms. The van der Waals surface area contributed by atoms with Gasteiger partial charge in [-0.2, -0.15) is 0 Å². The van der Waals surface area contributed by atoms with Crippen LogP contribution in [0.3, 0.4) is 0 Å². The molecule has 6 nitrogen and oxygen atoms in total. The summed E-state index contributed by atoms with van der Waals surface area (Å²) in [6.45, 7) is 2.64. The third-order valence-electron chi connectivity index (χ3n) is 4.64. The highest BCUT2D eigenvalue weighted by atomic mass is 35.5. The van der Waals surface area contributed by atoms with Crippen LogP contribution in [0.4, 0.5) is 0 Å². The summed E-state index contributed by atoms with van der Waals surface area (Å²) in [5, 5.41) is 9.26. The molecule has 2 aromatic carbocycles. The zero-order valence-electron chi connectivity index (χ0n) is 16.4. The molecule has 9 heteroatoms. The second-order valence-electron chi connectivity index (χ2n) is 6.56. The Bertz CT molecular complexity index is 926. The number of hydrogen-bond donors (Lipinski definition) is 1. The van der Waals surface area contributed by atoms with E-state index in [1.807, 2.05) is 41.3 Å². The van der Waals surface area contributed by atoms with Gasteiger partial charge in [-0.15, -0.1) is 0 Å². The maximum absolute atomic E-state index is 12.5. The van der Waals surface area contributed by atoms with Gasteiger partial charge in [0.15, 0.2) is 0 Å². The summed E-state index contributed by atoms with van der Waals surface area (Å²) in [5.74, 6) is 0.650. The van der Waals surface area contributed by atoms with Gasteiger partial charge in [0.1, 0.15) is 5.75 Å². The van der Waals surface area contributed by atoms with Crippen LogP contribution in [0.1, 0.15) is 5.56 Å². The van der Waals surface area contributed by atoms with Crippen LogP contribution in [0.5, 0.6) is 5.75 Å². The van der Waals surface area contributed by atoms with Gasteiger partial charge in [-0.3, -0.25) is 15.0 Å². The molecule has 0 aliphatic carbocycles. The van der Waals surface area contributed by atoms with Gasteiger partial charge < -0.3 is 9.64 Å². The van der Waals surface area contributed by atoms with Gasteiger partial charge in [0.05, 0.1) is 35.3 Å². The SMILES string of the molecule is COc1ccccc1Sc1ccc(/C=C/C(=O)N2CCN(CCOO)C2)c(Cl)c1Cl. The van der Waals surface area contributed by atoms with Crippen molar-refractivity contribution < 1.29 is 19.7 Å². The highest BCUT2D eigenvalue weighted by Crippen LogP contribution is 2.42. The van der Waals surface area contributed by atoms with E-state index in [4.69, 9.17) is 33.2 Å². The van der Waals surface area contributed by atoms with Gasteiger partial charge in [0.25, 0.3) is 0 Å². The van der Waals surface area contributed by atoms with E-state index >= 15 is 0 Å². The van der Waals surface area contributed by atoms with Crippen molar-refractivity contribution in [2.45, 2.75) is 9.79 Å². The summed E-state index contributed by atoms with van der Waals surface area (Å²) >= 11 is 14.4. The second kappa shape index (κ2) is 11.0. The van der Waals surface area contributed by atoms with Crippen molar-refractivity contribution in [3.05, 3.63) is 58.1 Å². The Labute approximate surface area is 189 Å². The molecule has 0 atom stereocenters. The van der Waals surface area contributed by atoms with E-state index in [2.05, 4.69) is 4.89 Å². The predicted molar refractivity (Wildman–Crippen MR) is 119 cm³/mol. The van der Waals surface area contributed by atoms with Gasteiger partial charge >= 0.3 is 0 Å². The summed E-state index contributed by atoms with van der Waals surface area (Å²) in [4.78, 5) is 22.0. The number of carbonyl (C=O) groups excluding carboxylic acids is 1. The molecule has 0 aromatic heterocycles. The number of halogens is 2. The maximum Gasteiger partial charge on any atom is 0.247 e. The smallest absolute Gasteiger partial charge is 0.247 e. The highest BCUT2D eigenvalue weighted by Gasteiger charge is 2.22. The molecule has 1 fully saturated rings. The first kappa shape index (κ1) is 22.9. The Morgan fingerprint density at radius 3 is 2.73 bits per heavy atom. The Kier molecular flexibility index (Phi) is 8.44. The zero-order chi connectivity index (χ0) is 21.5. The van der Waals surface area contributed by atoms with E-state index in [0.29, 0.717) is 35.4 Å². The van der Waals surface area contributed by atoms with Gasteiger partial charge in [-0.25, -0.2) is 4.89 Å². The van der Waals surface area contributed by atoms with Gasteiger partial charge in [0.2, 0.25) is 5.91 Å². The average Bonchev–Trinajstić information content (AvgIpc) is 3.24. The Morgan fingerprint density at radius 2 is 1.97 bits per heavy atom. The second-order valence-corrected chi connectivity index (χ2v) is 8.40. The van der Waals surface area contributed by atoms with Crippen LogP contribution < -0.4 is 4.74 Å². The Morgan fingerprint density at radius 1 is 1.17 bits per heavy atom. The predicted octanol–water partition coefficient (Wildman–Crippen LogP) is 4.76. The molecule has 1 N–H and O–H groups in total. The van der Waals surface area contributed by atoms with Crippen LogP contribution in [-0.2, 0) is 9.68 Å². The van der Waals surface area contributed by atoms with Crippen LogP contribution in [0.15, 0.2) is 52.3 Å². The van der Waals surface area contributed by atoms with Crippen LogP contribution in [-0.4, -0.2) is 61.0 Å². The summed E-state index contributed by atoms with van der Waals surface area (Å²) in [6.07, 6.45) is 3.17. The van der Waals surface area contributed by atoms with Crippen molar-refractivity contribution in [1.29, 1.82) is 0 Å². The highest BCUT2D eigenvalue weighted by molar-refractivity contribution is 7.99. The monoisotopic (exact) mass is 468 g/mol. The topological polar surface area (TPSA) is 62.2 Å². The Hall–Kier alpha value is -1.74. The molecule has 0 bridgehead atoms. The molecule has 1 amide bonds. The third kappa shape index (κ3) is 5.69. The first-order valence-corrected chi connectivity index (χ1v) is 10.8. The number of ether oxygens (including phenoxy) is 1. The first-order chi connectivity index (χ1) is 14.5. The number of hydrogen-bond acceptors (Lipinski definition) is 6. The molecular formula is C21H22Cl2N2O4S. The lowest BCUT2D eigenvalue weighted by atomic mass is 10.2. The normalized spacial score (nSPS) is 14.6. The molecule has 1 heterocycles. The third-order valence-corrected chi connectivity index (χ3v) is 6.76. The molecule has 2 aromatic rings. The molecule has 3 rings (SSSR count). The lowest BCUT2D eigenvalue weighted by Gasteiger charge is -2.16. The maximum atomic E-state index is 12.5. The summed E-state index contributed by atoms with van der Waals surface area (Å²) in [5.41, 5.74) is 0.670. The average molecular weight is 469 g/mol. The molecule has 1 aliphatic rings. The standard InChI is InChI=1S/C21H22Cl2N2O4S/c1-28-16-4-2-3-5-17(16)30-18-8-6-15(20(22)21(18)23)7-9-19(26)25-11-10-24(14-25)12-13-29-27/h2-9,27H,10-14H2,1H3/b9-7+. The fourth-order valence-corrected chi connectivity index (χ4v) is 4.55. The van der Waals surface area contributed by atoms with Crippen molar-refractivity contribution in [1.82, 2.24) is 9.80 Å². The quantitative estimate of drug-likeness (QED) is 0.342. The van der Waals surface area contributed by atoms with E-state index in [0.717, 1.165) is 22.1 Å². The van der Waals surface area contributed by atoms with Crippen molar-refractivity contribution in [3.63, 3.8) is 0 Å². The van der Waals surface area contributed by atoms with Gasteiger partial charge in [-0.05, 0) is 29.8 Å². The molecule has 0 unspecified atom stereocenters. The number of nitrogens with zero attached hydrogens (tertiary/aromatic N) is 2. The number of benzene rings is 2. The number of amides is 1. The molecule has 0 saturated carbocycles. The van der Waals surface area contributed by atoms with Gasteiger partial charge in [0, 0.05) is 30.6 Å². The number of methoxy groups -OCH3 is 1. The minimum absolute atomic E-state index is 0.109. The summed E-state index contributed by atoms with van der Waals surface area (Å²) in [7, 11) is 1.62. The lowest BCUT2D eigenvalue weighted by molar-refractivity contribution is -0.243. The number of carbonyl (C=O) groups is 1. The minimum atomic E-state index is -0.109. The molecule has 1 saturated heterocycles. The van der Waals surface area contributed by atoms with E-state index in [1.165, 1.54) is 17.8 Å². The van der Waals surface area contributed by atoms with Crippen molar-refractivity contribution >= 4 is 46.9 Å². The largest absolute Gasteiger partial charge is 0.496 e. The van der Waals surface area contributed by atoms with E-state index in [1.54, 1.807) is 18.1 Å². The zero-order valence-corrected chi connectivity index (χ0v) is 18.7. The van der Waals surface area contributed by atoms with Crippen LogP contribution in [0.25, 0.3) is 6.08 Å². The molecule has 1 aliphatic heterocycles. The van der Waals surface area contributed by atoms with Crippen LogP contribution in [0.2, 0.25) is 10.0 Å². The number of para-hydroxylation sites is 1.